The summed E-state index contributed by atoms with van der Waals surface area (Å²) in [6.45, 7) is 1.93. The highest BCUT2D eigenvalue weighted by molar-refractivity contribution is 6.51. The number of rotatable bonds is 3. The minimum Gasteiger partial charge on any atom is -0.504 e. The van der Waals surface area contributed by atoms with Crippen LogP contribution in [0.4, 0.5) is 27.3 Å². The number of fused-ring (bicyclic) bond motifs is 4. The summed E-state index contributed by atoms with van der Waals surface area (Å²) in [7, 11) is 0. The van der Waals surface area contributed by atoms with Crippen molar-refractivity contribution in [3.05, 3.63) is 119 Å². The van der Waals surface area contributed by atoms with Crippen LogP contribution in [0.25, 0.3) is 5.69 Å². The summed E-state index contributed by atoms with van der Waals surface area (Å²) in [6.07, 6.45) is 0. The largest absolute Gasteiger partial charge is 0.504 e. The molecule has 0 amide bonds. The van der Waals surface area contributed by atoms with Crippen LogP contribution in [-0.4, -0.2) is 31.7 Å². The van der Waals surface area contributed by atoms with Crippen molar-refractivity contribution < 1.29 is 14.6 Å². The Morgan fingerprint density at radius 2 is 1.66 bits per heavy atom. The molecule has 7 rings (SSSR count). The zero-order valence-electron chi connectivity index (χ0n) is 21.6. The lowest BCUT2D eigenvalue weighted by Crippen LogP contribution is -2.46. The first-order chi connectivity index (χ1) is 19.9. The zero-order valence-corrected chi connectivity index (χ0v) is 22.4. The van der Waals surface area contributed by atoms with E-state index in [1.165, 1.54) is 18.2 Å². The Kier molecular flexibility index (Phi) is 5.76. The molecular formula is C31H22ClFN6O2. The quantitative estimate of drug-likeness (QED) is 0.202. The molecule has 1 atom stereocenters. The van der Waals surface area contributed by atoms with E-state index in [1.807, 2.05) is 66.4 Å². The number of para-hydroxylation sites is 3. The van der Waals surface area contributed by atoms with E-state index in [-0.39, 0.29) is 16.5 Å². The van der Waals surface area contributed by atoms with E-state index in [1.54, 1.807) is 22.9 Å². The molecular weight excluding hydrogens is 543 g/mol. The van der Waals surface area contributed by atoms with E-state index in [0.29, 0.717) is 34.4 Å². The maximum Gasteiger partial charge on any atom is 0.179 e. The minimum absolute atomic E-state index is 0.0215. The van der Waals surface area contributed by atoms with Gasteiger partial charge in [-0.05, 0) is 67.1 Å². The molecule has 1 unspecified atom stereocenters. The minimum atomic E-state index is -0.524. The van der Waals surface area contributed by atoms with Crippen molar-refractivity contribution in [3.63, 3.8) is 0 Å². The fourth-order valence-electron chi connectivity index (χ4n) is 5.28. The van der Waals surface area contributed by atoms with Gasteiger partial charge in [0.1, 0.15) is 5.82 Å². The van der Waals surface area contributed by atoms with Gasteiger partial charge in [-0.15, -0.1) is 0 Å². The van der Waals surface area contributed by atoms with Crippen molar-refractivity contribution >= 4 is 46.2 Å². The molecule has 3 N–H and O–H groups in total. The molecule has 8 nitrogen and oxygen atoms in total. The molecule has 0 saturated carbocycles. The first-order valence-electron chi connectivity index (χ1n) is 12.8. The lowest BCUT2D eigenvalue weighted by atomic mass is 9.93. The van der Waals surface area contributed by atoms with Crippen LogP contribution >= 0.6 is 11.6 Å². The van der Waals surface area contributed by atoms with Gasteiger partial charge in [-0.25, -0.2) is 19.1 Å². The van der Waals surface area contributed by atoms with Crippen LogP contribution in [0.3, 0.4) is 0 Å². The van der Waals surface area contributed by atoms with Crippen molar-refractivity contribution in [2.75, 3.05) is 10.2 Å². The van der Waals surface area contributed by atoms with Gasteiger partial charge < -0.3 is 20.4 Å². The van der Waals surface area contributed by atoms with Crippen molar-refractivity contribution in [1.29, 1.82) is 0 Å². The van der Waals surface area contributed by atoms with Gasteiger partial charge in [0.05, 0.1) is 33.8 Å². The van der Waals surface area contributed by atoms with Crippen LogP contribution in [0.2, 0.25) is 5.02 Å². The molecule has 5 aromatic rings. The van der Waals surface area contributed by atoms with E-state index in [4.69, 9.17) is 26.7 Å². The third kappa shape index (κ3) is 4.09. The van der Waals surface area contributed by atoms with Gasteiger partial charge >= 0.3 is 0 Å². The summed E-state index contributed by atoms with van der Waals surface area (Å²) in [5, 5.41) is 28.8. The number of phenolic OH excluding ortho intramolecular Hbond substituents is 2. The van der Waals surface area contributed by atoms with E-state index in [0.717, 1.165) is 22.6 Å². The number of aromatic hydroxyl groups is 2. The molecule has 41 heavy (non-hydrogen) atoms. The molecule has 2 aliphatic heterocycles. The number of hydrogen-bond donors (Lipinski definition) is 3. The van der Waals surface area contributed by atoms with Crippen LogP contribution in [0.1, 0.15) is 22.9 Å². The predicted octanol–water partition coefficient (Wildman–Crippen LogP) is 7.18. The molecule has 202 valence electrons. The fourth-order valence-corrected chi connectivity index (χ4v) is 5.46. The lowest BCUT2D eigenvalue weighted by Gasteiger charge is -2.40. The Morgan fingerprint density at radius 1 is 0.878 bits per heavy atom. The first-order valence-corrected chi connectivity index (χ1v) is 13.2. The van der Waals surface area contributed by atoms with Crippen LogP contribution < -0.4 is 10.2 Å². The Balaban J connectivity index is 1.50. The van der Waals surface area contributed by atoms with Crippen molar-refractivity contribution in [1.82, 2.24) is 9.78 Å². The number of phenols is 2. The number of aromatic nitrogens is 2. The average molecular weight is 565 g/mol. The second kappa shape index (κ2) is 9.50. The Bertz CT molecular complexity index is 1900. The molecule has 4 aromatic carbocycles. The van der Waals surface area contributed by atoms with Crippen LogP contribution in [-0.2, 0) is 0 Å². The van der Waals surface area contributed by atoms with Gasteiger partial charge in [0.2, 0.25) is 0 Å². The van der Waals surface area contributed by atoms with Crippen LogP contribution in [0.5, 0.6) is 11.5 Å². The number of hydrogen-bond acceptors (Lipinski definition) is 7. The standard InChI is InChI=1S/C31H22ClFN6O2/c1-17-27-28(18-11-14-25(40)26(41)15-18)38-24-10-6-5-9-23(24)35-29(34-19-12-13-22(33)21(32)16-19)31(38)36-30(27)39(37-17)20-7-3-2-4-8-20/h2-16,28,40-41H,1H3,(H,34,35). The van der Waals surface area contributed by atoms with Crippen molar-refractivity contribution in [2.45, 2.75) is 13.0 Å². The molecule has 0 spiro atoms. The van der Waals surface area contributed by atoms with Crippen LogP contribution in [0.15, 0.2) is 101 Å². The Labute approximate surface area is 239 Å². The maximum atomic E-state index is 13.9. The fraction of sp³-hybridized carbons (Fsp3) is 0.0645. The SMILES string of the molecule is Cc1nn(-c2ccccc2)c2c1C(c1ccc(O)c(O)c1)N1C(=N2)C(Nc2ccc(F)c(Cl)c2)=Nc2ccccc21. The average Bonchev–Trinajstić information content (AvgIpc) is 3.32. The summed E-state index contributed by atoms with van der Waals surface area (Å²) >= 11 is 6.09. The molecule has 3 heterocycles. The molecule has 0 radical (unpaired) electrons. The van der Waals surface area contributed by atoms with Crippen LogP contribution in [0, 0.1) is 12.7 Å². The van der Waals surface area contributed by atoms with Gasteiger partial charge in [-0.2, -0.15) is 5.10 Å². The first kappa shape index (κ1) is 24.9. The predicted molar refractivity (Wildman–Crippen MR) is 158 cm³/mol. The summed E-state index contributed by atoms with van der Waals surface area (Å²) in [6, 6.07) is 26.0. The number of anilines is 2. The van der Waals surface area contributed by atoms with Gasteiger partial charge in [-0.3, -0.25) is 0 Å². The third-order valence-corrected chi connectivity index (χ3v) is 7.43. The molecule has 0 aliphatic carbocycles. The number of aliphatic imine (C=N–C) groups is 2. The number of nitrogens with zero attached hydrogens (tertiary/aromatic N) is 5. The number of amidine groups is 2. The van der Waals surface area contributed by atoms with E-state index in [2.05, 4.69) is 5.32 Å². The van der Waals surface area contributed by atoms with E-state index < -0.39 is 11.9 Å². The maximum absolute atomic E-state index is 13.9. The van der Waals surface area contributed by atoms with Gasteiger partial charge in [0.25, 0.3) is 0 Å². The van der Waals surface area contributed by atoms with Gasteiger partial charge in [-0.1, -0.05) is 48.0 Å². The molecule has 0 fully saturated rings. The normalized spacial score (nSPS) is 15.4. The Hall–Kier alpha value is -5.15. The lowest BCUT2D eigenvalue weighted by molar-refractivity contribution is 0.403. The topological polar surface area (TPSA) is 98.3 Å². The highest BCUT2D eigenvalue weighted by Gasteiger charge is 2.41. The number of halogens is 2. The summed E-state index contributed by atoms with van der Waals surface area (Å²) in [5.74, 6) is 0.535. The second-order valence-corrected chi connectivity index (χ2v) is 10.1. The molecule has 2 aliphatic rings. The summed E-state index contributed by atoms with van der Waals surface area (Å²) in [4.78, 5) is 12.1. The number of benzene rings is 4. The number of nitrogens with one attached hydrogen (secondary N) is 1. The van der Waals surface area contributed by atoms with E-state index >= 15 is 0 Å². The zero-order chi connectivity index (χ0) is 28.2. The second-order valence-electron chi connectivity index (χ2n) is 9.73. The monoisotopic (exact) mass is 564 g/mol. The van der Waals surface area contributed by atoms with E-state index in [9.17, 15) is 14.6 Å². The Morgan fingerprint density at radius 3 is 2.44 bits per heavy atom. The summed E-state index contributed by atoms with van der Waals surface area (Å²) < 4.78 is 15.7. The molecule has 1 aromatic heterocycles. The van der Waals surface area contributed by atoms with Crippen molar-refractivity contribution in [3.8, 4) is 17.2 Å². The molecule has 10 heteroatoms. The summed E-state index contributed by atoms with van der Waals surface area (Å²) in [5.41, 5.74) is 5.15. The highest BCUT2D eigenvalue weighted by atomic mass is 35.5. The number of aryl methyl sites for hydroxylation is 1. The van der Waals surface area contributed by atoms with Crippen molar-refractivity contribution in [2.24, 2.45) is 9.98 Å². The molecule has 0 bridgehead atoms. The smallest absolute Gasteiger partial charge is 0.179 e. The highest BCUT2D eigenvalue weighted by Crippen LogP contribution is 2.49. The van der Waals surface area contributed by atoms with Gasteiger partial charge in [0.15, 0.2) is 29.0 Å². The van der Waals surface area contributed by atoms with Gasteiger partial charge in [0, 0.05) is 11.3 Å². The molecule has 0 saturated heterocycles. The third-order valence-electron chi connectivity index (χ3n) is 7.14.